The molecule has 0 aliphatic rings. The summed E-state index contributed by atoms with van der Waals surface area (Å²) in [6.07, 6.45) is 0. The van der Waals surface area contributed by atoms with Crippen LogP contribution in [-0.4, -0.2) is 45.2 Å². The number of nitrogens with zero attached hydrogens (tertiary/aromatic N) is 1. The molecule has 0 radical (unpaired) electrons. The summed E-state index contributed by atoms with van der Waals surface area (Å²) in [5, 5.41) is 3.57. The molecule has 0 aliphatic carbocycles. The molecule has 1 N–H and O–H groups in total. The van der Waals surface area contributed by atoms with Gasteiger partial charge < -0.3 is 19.7 Å². The minimum absolute atomic E-state index is 0.00707. The minimum Gasteiger partial charge on any atom is -0.496 e. The van der Waals surface area contributed by atoms with Gasteiger partial charge in [0.25, 0.3) is 5.91 Å². The second-order valence-corrected chi connectivity index (χ2v) is 6.66. The summed E-state index contributed by atoms with van der Waals surface area (Å²) < 4.78 is 11.0. The van der Waals surface area contributed by atoms with Crippen molar-refractivity contribution in [1.82, 2.24) is 10.2 Å². The molecule has 0 spiro atoms. The van der Waals surface area contributed by atoms with Gasteiger partial charge in [-0.15, -0.1) is 0 Å². The topological polar surface area (TPSA) is 50.8 Å². The number of carbonyl (C=O) groups excluding carboxylic acids is 1. The number of amides is 1. The number of hydrogen-bond donors (Lipinski definition) is 1. The Kier molecular flexibility index (Phi) is 7.30. The molecule has 1 amide bonds. The first-order valence-corrected chi connectivity index (χ1v) is 8.75. The maximum absolute atomic E-state index is 12.2. The SMILES string of the molecule is COc1ccccc1[C@H](CNC(=O)COc1ccc(Cl)cc1C)N(C)C. The lowest BCUT2D eigenvalue weighted by Gasteiger charge is -2.26. The normalized spacial score (nSPS) is 11.9. The smallest absolute Gasteiger partial charge is 0.258 e. The molecule has 0 fully saturated rings. The van der Waals surface area contributed by atoms with Gasteiger partial charge in [0.2, 0.25) is 0 Å². The second kappa shape index (κ2) is 9.46. The predicted octanol–water partition coefficient (Wildman–Crippen LogP) is 3.45. The number of aryl methyl sites for hydroxylation is 1. The van der Waals surface area contributed by atoms with Crippen LogP contribution in [-0.2, 0) is 4.79 Å². The van der Waals surface area contributed by atoms with Crippen molar-refractivity contribution in [2.24, 2.45) is 0 Å². The fourth-order valence-electron chi connectivity index (χ4n) is 2.69. The van der Waals surface area contributed by atoms with Crippen LogP contribution in [0.1, 0.15) is 17.2 Å². The molecule has 26 heavy (non-hydrogen) atoms. The molecular weight excluding hydrogens is 352 g/mol. The molecule has 6 heteroatoms. The molecule has 0 heterocycles. The molecule has 140 valence electrons. The predicted molar refractivity (Wildman–Crippen MR) is 104 cm³/mol. The summed E-state index contributed by atoms with van der Waals surface area (Å²) in [6, 6.07) is 13.1. The van der Waals surface area contributed by atoms with Gasteiger partial charge in [0.15, 0.2) is 6.61 Å². The highest BCUT2D eigenvalue weighted by molar-refractivity contribution is 6.30. The average Bonchev–Trinajstić information content (AvgIpc) is 2.61. The maximum Gasteiger partial charge on any atom is 0.258 e. The van der Waals surface area contributed by atoms with Gasteiger partial charge in [0.05, 0.1) is 13.2 Å². The highest BCUT2D eigenvalue weighted by Gasteiger charge is 2.19. The largest absolute Gasteiger partial charge is 0.496 e. The first-order chi connectivity index (χ1) is 12.4. The Labute approximate surface area is 159 Å². The van der Waals surface area contributed by atoms with E-state index in [1.807, 2.05) is 50.2 Å². The first-order valence-electron chi connectivity index (χ1n) is 8.37. The van der Waals surface area contributed by atoms with Crippen LogP contribution in [0, 0.1) is 6.92 Å². The van der Waals surface area contributed by atoms with E-state index in [0.29, 0.717) is 17.3 Å². The fraction of sp³-hybridized carbons (Fsp3) is 0.350. The van der Waals surface area contributed by atoms with Crippen molar-refractivity contribution < 1.29 is 14.3 Å². The molecule has 2 rings (SSSR count). The average molecular weight is 377 g/mol. The quantitative estimate of drug-likeness (QED) is 0.766. The molecule has 0 aliphatic heterocycles. The van der Waals surface area contributed by atoms with Crippen molar-refractivity contribution in [2.45, 2.75) is 13.0 Å². The number of para-hydroxylation sites is 1. The van der Waals surface area contributed by atoms with Crippen LogP contribution in [0.25, 0.3) is 0 Å². The maximum atomic E-state index is 12.2. The third kappa shape index (κ3) is 5.38. The van der Waals surface area contributed by atoms with Crippen molar-refractivity contribution in [2.75, 3.05) is 34.4 Å². The standard InChI is InChI=1S/C20H25ClN2O3/c1-14-11-15(21)9-10-18(14)26-13-20(24)22-12-17(23(2)3)16-7-5-6-8-19(16)25-4/h5-11,17H,12-13H2,1-4H3,(H,22,24)/t17-/m0/s1. The van der Waals surface area contributed by atoms with Crippen molar-refractivity contribution in [3.05, 3.63) is 58.6 Å². The van der Waals surface area contributed by atoms with Crippen molar-refractivity contribution in [3.8, 4) is 11.5 Å². The Hall–Kier alpha value is -2.24. The van der Waals surface area contributed by atoms with Crippen LogP contribution in [0.4, 0.5) is 0 Å². The molecule has 1 atom stereocenters. The lowest BCUT2D eigenvalue weighted by atomic mass is 10.0. The molecule has 0 unspecified atom stereocenters. The number of nitrogens with one attached hydrogen (secondary N) is 1. The van der Waals surface area contributed by atoms with Crippen molar-refractivity contribution in [1.29, 1.82) is 0 Å². The van der Waals surface area contributed by atoms with Crippen LogP contribution < -0.4 is 14.8 Å². The zero-order chi connectivity index (χ0) is 19.1. The van der Waals surface area contributed by atoms with Gasteiger partial charge in [0.1, 0.15) is 11.5 Å². The van der Waals surface area contributed by atoms with Gasteiger partial charge in [-0.05, 0) is 50.8 Å². The number of halogens is 1. The summed E-state index contributed by atoms with van der Waals surface area (Å²) >= 11 is 5.93. The number of likely N-dealkylation sites (N-methyl/N-ethyl adjacent to an activating group) is 1. The van der Waals surface area contributed by atoms with Gasteiger partial charge in [-0.25, -0.2) is 0 Å². The van der Waals surface area contributed by atoms with E-state index in [-0.39, 0.29) is 18.6 Å². The Morgan fingerprint density at radius 2 is 1.92 bits per heavy atom. The molecular formula is C20H25ClN2O3. The zero-order valence-electron chi connectivity index (χ0n) is 15.6. The molecule has 0 saturated heterocycles. The Morgan fingerprint density at radius 1 is 1.19 bits per heavy atom. The van der Waals surface area contributed by atoms with Crippen LogP contribution in [0.5, 0.6) is 11.5 Å². The lowest BCUT2D eigenvalue weighted by Crippen LogP contribution is -2.37. The van der Waals surface area contributed by atoms with Gasteiger partial charge >= 0.3 is 0 Å². The Morgan fingerprint density at radius 3 is 2.58 bits per heavy atom. The molecule has 0 bridgehead atoms. The molecule has 0 aromatic heterocycles. The monoisotopic (exact) mass is 376 g/mol. The summed E-state index contributed by atoms with van der Waals surface area (Å²) in [5.74, 6) is 1.27. The minimum atomic E-state index is -0.180. The molecule has 5 nitrogen and oxygen atoms in total. The van der Waals surface area contributed by atoms with Crippen LogP contribution >= 0.6 is 11.6 Å². The molecule has 0 saturated carbocycles. The third-order valence-corrected chi connectivity index (χ3v) is 4.34. The number of hydrogen-bond acceptors (Lipinski definition) is 4. The summed E-state index contributed by atoms with van der Waals surface area (Å²) in [5.41, 5.74) is 1.92. The van der Waals surface area contributed by atoms with E-state index < -0.39 is 0 Å². The number of rotatable bonds is 8. The molecule has 2 aromatic carbocycles. The molecule has 2 aromatic rings. The summed E-state index contributed by atoms with van der Waals surface area (Å²) in [7, 11) is 5.58. The summed E-state index contributed by atoms with van der Waals surface area (Å²) in [4.78, 5) is 14.2. The number of methoxy groups -OCH3 is 1. The zero-order valence-corrected chi connectivity index (χ0v) is 16.3. The van der Waals surface area contributed by atoms with E-state index in [1.165, 1.54) is 0 Å². The first kappa shape index (κ1) is 20.1. The van der Waals surface area contributed by atoms with Crippen molar-refractivity contribution >= 4 is 17.5 Å². The Bertz CT molecular complexity index is 750. The second-order valence-electron chi connectivity index (χ2n) is 6.22. The van der Waals surface area contributed by atoms with E-state index in [9.17, 15) is 4.79 Å². The van der Waals surface area contributed by atoms with Crippen LogP contribution in [0.3, 0.4) is 0 Å². The van der Waals surface area contributed by atoms with E-state index in [2.05, 4.69) is 5.32 Å². The summed E-state index contributed by atoms with van der Waals surface area (Å²) in [6.45, 7) is 2.30. The van der Waals surface area contributed by atoms with Gasteiger partial charge in [-0.3, -0.25) is 4.79 Å². The number of ether oxygens (including phenoxy) is 2. The van der Waals surface area contributed by atoms with Gasteiger partial charge in [0, 0.05) is 17.1 Å². The number of benzene rings is 2. The highest BCUT2D eigenvalue weighted by Crippen LogP contribution is 2.27. The van der Waals surface area contributed by atoms with Crippen molar-refractivity contribution in [3.63, 3.8) is 0 Å². The van der Waals surface area contributed by atoms with E-state index in [1.54, 1.807) is 25.3 Å². The van der Waals surface area contributed by atoms with Crippen LogP contribution in [0.2, 0.25) is 5.02 Å². The third-order valence-electron chi connectivity index (χ3n) is 4.11. The van der Waals surface area contributed by atoms with E-state index in [0.717, 1.165) is 16.9 Å². The van der Waals surface area contributed by atoms with Gasteiger partial charge in [-0.2, -0.15) is 0 Å². The number of carbonyl (C=O) groups is 1. The fourth-order valence-corrected chi connectivity index (χ4v) is 2.92. The van der Waals surface area contributed by atoms with E-state index in [4.69, 9.17) is 21.1 Å². The van der Waals surface area contributed by atoms with E-state index >= 15 is 0 Å². The lowest BCUT2D eigenvalue weighted by molar-refractivity contribution is -0.123. The highest BCUT2D eigenvalue weighted by atomic mass is 35.5. The Balaban J connectivity index is 1.95. The van der Waals surface area contributed by atoms with Gasteiger partial charge in [-0.1, -0.05) is 29.8 Å². The van der Waals surface area contributed by atoms with Crippen LogP contribution in [0.15, 0.2) is 42.5 Å².